The molecule has 0 aromatic heterocycles. The molecule has 1 aliphatic heterocycles. The average Bonchev–Trinajstić information content (AvgIpc) is 2.61. The first-order valence-electron chi connectivity index (χ1n) is 6.81. The van der Waals surface area contributed by atoms with Gasteiger partial charge < -0.3 is 4.90 Å². The van der Waals surface area contributed by atoms with Crippen LogP contribution in [0.5, 0.6) is 0 Å². The van der Waals surface area contributed by atoms with Crippen LogP contribution in [0.25, 0.3) is 0 Å². The van der Waals surface area contributed by atoms with E-state index < -0.39 is 0 Å². The third-order valence-corrected chi connectivity index (χ3v) is 4.16. The standard InChI is InChI=1S/C16H22ClNO/c1-16(2,3)8-7-13(17)11-5-6-14-12(9-11)10-15(19)18(14)4/h5-6,9,13H,7-8,10H2,1-4H3. The largest absolute Gasteiger partial charge is 0.315 e. The number of likely N-dealkylation sites (N-methyl/N-ethyl adjacent to an activating group) is 1. The minimum atomic E-state index is 0.0329. The summed E-state index contributed by atoms with van der Waals surface area (Å²) in [5.41, 5.74) is 3.56. The number of nitrogens with zero attached hydrogens (tertiary/aromatic N) is 1. The average molecular weight is 280 g/mol. The van der Waals surface area contributed by atoms with E-state index in [4.69, 9.17) is 11.6 Å². The van der Waals surface area contributed by atoms with Crippen molar-refractivity contribution in [1.82, 2.24) is 0 Å². The summed E-state index contributed by atoms with van der Waals surface area (Å²) in [7, 11) is 1.83. The lowest BCUT2D eigenvalue weighted by Crippen LogP contribution is -2.20. The third-order valence-electron chi connectivity index (χ3n) is 3.69. The first-order valence-corrected chi connectivity index (χ1v) is 7.25. The molecule has 0 aliphatic carbocycles. The number of benzene rings is 1. The quantitative estimate of drug-likeness (QED) is 0.755. The molecule has 1 unspecified atom stereocenters. The third kappa shape index (κ3) is 3.30. The molecule has 3 heteroatoms. The Kier molecular flexibility index (Phi) is 3.91. The van der Waals surface area contributed by atoms with Crippen LogP contribution in [0, 0.1) is 5.41 Å². The molecule has 1 aromatic rings. The highest BCUT2D eigenvalue weighted by Crippen LogP contribution is 2.35. The predicted molar refractivity (Wildman–Crippen MR) is 80.8 cm³/mol. The number of carbonyl (C=O) groups is 1. The Bertz CT molecular complexity index is 490. The highest BCUT2D eigenvalue weighted by atomic mass is 35.5. The maximum Gasteiger partial charge on any atom is 0.231 e. The van der Waals surface area contributed by atoms with E-state index in [0.29, 0.717) is 11.8 Å². The van der Waals surface area contributed by atoms with Gasteiger partial charge in [0, 0.05) is 12.7 Å². The molecule has 0 spiro atoms. The summed E-state index contributed by atoms with van der Waals surface area (Å²) < 4.78 is 0. The number of rotatable bonds is 3. The van der Waals surface area contributed by atoms with Crippen molar-refractivity contribution in [3.63, 3.8) is 0 Å². The van der Waals surface area contributed by atoms with Gasteiger partial charge in [-0.1, -0.05) is 32.9 Å². The molecule has 2 nitrogen and oxygen atoms in total. The number of hydrogen-bond donors (Lipinski definition) is 0. The molecular formula is C16H22ClNO. The monoisotopic (exact) mass is 279 g/mol. The van der Waals surface area contributed by atoms with Crippen molar-refractivity contribution in [3.8, 4) is 0 Å². The van der Waals surface area contributed by atoms with E-state index >= 15 is 0 Å². The molecule has 1 amide bonds. The maximum atomic E-state index is 11.7. The van der Waals surface area contributed by atoms with Gasteiger partial charge in [0.25, 0.3) is 0 Å². The molecule has 1 heterocycles. The van der Waals surface area contributed by atoms with Crippen molar-refractivity contribution < 1.29 is 4.79 Å². The topological polar surface area (TPSA) is 20.3 Å². The van der Waals surface area contributed by atoms with Gasteiger partial charge in [0.1, 0.15) is 0 Å². The fourth-order valence-electron chi connectivity index (χ4n) is 2.41. The number of anilines is 1. The van der Waals surface area contributed by atoms with Crippen molar-refractivity contribution in [2.45, 2.75) is 45.4 Å². The van der Waals surface area contributed by atoms with E-state index in [-0.39, 0.29) is 11.3 Å². The molecule has 0 radical (unpaired) electrons. The molecule has 0 N–H and O–H groups in total. The fraction of sp³-hybridized carbons (Fsp3) is 0.562. The first-order chi connectivity index (χ1) is 8.78. The number of alkyl halides is 1. The van der Waals surface area contributed by atoms with E-state index in [2.05, 4.69) is 26.8 Å². The minimum Gasteiger partial charge on any atom is -0.315 e. The van der Waals surface area contributed by atoms with Crippen LogP contribution in [-0.2, 0) is 11.2 Å². The van der Waals surface area contributed by atoms with Gasteiger partial charge in [-0.25, -0.2) is 0 Å². The molecular weight excluding hydrogens is 258 g/mol. The molecule has 1 aromatic carbocycles. The van der Waals surface area contributed by atoms with Crippen molar-refractivity contribution >= 4 is 23.2 Å². The minimum absolute atomic E-state index is 0.0329. The van der Waals surface area contributed by atoms with Crippen LogP contribution in [0.4, 0.5) is 5.69 Å². The summed E-state index contributed by atoms with van der Waals surface area (Å²) in [5.74, 6) is 0.160. The second kappa shape index (κ2) is 5.16. The Morgan fingerprint density at radius 3 is 2.68 bits per heavy atom. The zero-order chi connectivity index (χ0) is 14.2. The second-order valence-electron chi connectivity index (χ2n) is 6.58. The number of halogens is 1. The van der Waals surface area contributed by atoms with E-state index in [1.165, 1.54) is 0 Å². The molecule has 1 aliphatic rings. The molecule has 2 rings (SSSR count). The first kappa shape index (κ1) is 14.4. The molecule has 104 valence electrons. The van der Waals surface area contributed by atoms with Gasteiger partial charge in [-0.2, -0.15) is 0 Å². The molecule has 19 heavy (non-hydrogen) atoms. The van der Waals surface area contributed by atoms with Crippen LogP contribution in [0.3, 0.4) is 0 Å². The van der Waals surface area contributed by atoms with Gasteiger partial charge in [-0.05, 0) is 35.4 Å². The summed E-state index contributed by atoms with van der Waals surface area (Å²) in [6.07, 6.45) is 2.56. The van der Waals surface area contributed by atoms with Crippen molar-refractivity contribution in [1.29, 1.82) is 0 Å². The van der Waals surface area contributed by atoms with Crippen molar-refractivity contribution in [2.24, 2.45) is 5.41 Å². The number of hydrogen-bond acceptors (Lipinski definition) is 1. The Morgan fingerprint density at radius 1 is 1.37 bits per heavy atom. The van der Waals surface area contributed by atoms with Gasteiger partial charge in [0.15, 0.2) is 0 Å². The highest BCUT2D eigenvalue weighted by molar-refractivity contribution is 6.20. The van der Waals surface area contributed by atoms with Gasteiger partial charge in [-0.3, -0.25) is 4.79 Å². The summed E-state index contributed by atoms with van der Waals surface area (Å²) in [5, 5.41) is 0.0329. The van der Waals surface area contributed by atoms with Crippen LogP contribution in [-0.4, -0.2) is 13.0 Å². The van der Waals surface area contributed by atoms with Crippen molar-refractivity contribution in [2.75, 3.05) is 11.9 Å². The number of amides is 1. The molecule has 0 saturated carbocycles. The Balaban J connectivity index is 2.11. The van der Waals surface area contributed by atoms with E-state index in [1.807, 2.05) is 19.2 Å². The second-order valence-corrected chi connectivity index (χ2v) is 7.11. The smallest absolute Gasteiger partial charge is 0.231 e. The van der Waals surface area contributed by atoms with E-state index in [0.717, 1.165) is 29.7 Å². The summed E-state index contributed by atoms with van der Waals surface area (Å²) >= 11 is 6.49. The van der Waals surface area contributed by atoms with Crippen LogP contribution >= 0.6 is 11.6 Å². The molecule has 0 bridgehead atoms. The van der Waals surface area contributed by atoms with Crippen LogP contribution in [0.1, 0.15) is 50.1 Å². The van der Waals surface area contributed by atoms with Crippen LogP contribution in [0.15, 0.2) is 18.2 Å². The van der Waals surface area contributed by atoms with Crippen molar-refractivity contribution in [3.05, 3.63) is 29.3 Å². The van der Waals surface area contributed by atoms with Gasteiger partial charge in [0.05, 0.1) is 11.8 Å². The Morgan fingerprint density at radius 2 is 2.05 bits per heavy atom. The lowest BCUT2D eigenvalue weighted by molar-refractivity contribution is -0.117. The van der Waals surface area contributed by atoms with Gasteiger partial charge in [-0.15, -0.1) is 11.6 Å². The van der Waals surface area contributed by atoms with Crippen LogP contribution < -0.4 is 4.90 Å². The van der Waals surface area contributed by atoms with Gasteiger partial charge in [0.2, 0.25) is 5.91 Å². The maximum absolute atomic E-state index is 11.7. The molecule has 0 saturated heterocycles. The van der Waals surface area contributed by atoms with Crippen LogP contribution in [0.2, 0.25) is 0 Å². The summed E-state index contributed by atoms with van der Waals surface area (Å²) in [6.45, 7) is 6.69. The zero-order valence-corrected chi connectivity index (χ0v) is 12.9. The Hall–Kier alpha value is -1.02. The summed E-state index contributed by atoms with van der Waals surface area (Å²) in [6, 6.07) is 6.16. The number of carbonyl (C=O) groups excluding carboxylic acids is 1. The van der Waals surface area contributed by atoms with Gasteiger partial charge >= 0.3 is 0 Å². The number of fused-ring (bicyclic) bond motifs is 1. The Labute approximate surface area is 120 Å². The lowest BCUT2D eigenvalue weighted by Gasteiger charge is -2.20. The summed E-state index contributed by atoms with van der Waals surface area (Å²) in [4.78, 5) is 13.4. The molecule has 1 atom stereocenters. The lowest BCUT2D eigenvalue weighted by atomic mass is 9.88. The highest BCUT2D eigenvalue weighted by Gasteiger charge is 2.25. The zero-order valence-electron chi connectivity index (χ0n) is 12.2. The van der Waals surface area contributed by atoms with E-state index in [1.54, 1.807) is 4.90 Å². The van der Waals surface area contributed by atoms with E-state index in [9.17, 15) is 4.79 Å². The normalized spacial score (nSPS) is 16.7. The molecule has 0 fully saturated rings. The fourth-order valence-corrected chi connectivity index (χ4v) is 2.66. The predicted octanol–water partition coefficient (Wildman–Crippen LogP) is 4.31. The SMILES string of the molecule is CN1C(=O)Cc2cc(C(Cl)CCC(C)(C)C)ccc21.